The minimum Gasteiger partial charge on any atom is -0.490 e. The normalized spacial score (nSPS) is 11.1. The zero-order valence-electron chi connectivity index (χ0n) is 14.3. The van der Waals surface area contributed by atoms with E-state index < -0.39 is 5.91 Å². The number of rotatable bonds is 5. The van der Waals surface area contributed by atoms with Crippen molar-refractivity contribution in [3.05, 3.63) is 63.6 Å². The van der Waals surface area contributed by atoms with Gasteiger partial charge in [0.2, 0.25) is 0 Å². The van der Waals surface area contributed by atoms with Gasteiger partial charge in [-0.25, -0.2) is 0 Å². The molecule has 0 unspecified atom stereocenters. The topological polar surface area (TPSA) is 62.1 Å². The van der Waals surface area contributed by atoms with Gasteiger partial charge in [-0.2, -0.15) is 5.26 Å². The van der Waals surface area contributed by atoms with Gasteiger partial charge in [-0.1, -0.05) is 23.8 Å². The van der Waals surface area contributed by atoms with Crippen LogP contribution in [-0.2, 0) is 4.79 Å². The van der Waals surface area contributed by atoms with E-state index in [-0.39, 0.29) is 11.7 Å². The summed E-state index contributed by atoms with van der Waals surface area (Å²) in [5.74, 6) is 0.278. The van der Waals surface area contributed by atoms with Crippen LogP contribution in [0.25, 0.3) is 6.08 Å². The van der Waals surface area contributed by atoms with Crippen molar-refractivity contribution >= 4 is 33.6 Å². The smallest absolute Gasteiger partial charge is 0.266 e. The van der Waals surface area contributed by atoms with Crippen molar-refractivity contribution in [3.8, 4) is 11.8 Å². The van der Waals surface area contributed by atoms with Crippen LogP contribution in [0.2, 0.25) is 0 Å². The van der Waals surface area contributed by atoms with Gasteiger partial charge in [-0.15, -0.1) is 0 Å². The maximum atomic E-state index is 12.3. The Hall–Kier alpha value is -2.58. The average Bonchev–Trinajstić information content (AvgIpc) is 2.56. The molecule has 5 heteroatoms. The Labute approximate surface area is 156 Å². The van der Waals surface area contributed by atoms with Crippen LogP contribution in [0.3, 0.4) is 0 Å². The highest BCUT2D eigenvalue weighted by Gasteiger charge is 2.10. The summed E-state index contributed by atoms with van der Waals surface area (Å²) in [6.07, 6.45) is 1.61. The number of hydrogen-bond donors (Lipinski definition) is 1. The maximum absolute atomic E-state index is 12.3. The number of nitriles is 1. The third kappa shape index (κ3) is 5.47. The number of carbonyl (C=O) groups is 1. The van der Waals surface area contributed by atoms with Crippen LogP contribution in [0.5, 0.6) is 5.75 Å². The summed E-state index contributed by atoms with van der Waals surface area (Å²) in [6.45, 7) is 5.86. The molecule has 0 saturated heterocycles. The number of carbonyl (C=O) groups excluding carboxylic acids is 1. The van der Waals surface area contributed by atoms with Crippen LogP contribution < -0.4 is 10.1 Å². The van der Waals surface area contributed by atoms with Crippen molar-refractivity contribution in [2.24, 2.45) is 0 Å². The SMILES string of the molecule is Cc1ccc(NC(=O)/C(C#N)=C/c2ccc(OC(C)C)c(Br)c2)cc1. The third-order valence-corrected chi connectivity index (χ3v) is 3.92. The lowest BCUT2D eigenvalue weighted by Crippen LogP contribution is -2.13. The second kappa shape index (κ2) is 8.50. The Balaban J connectivity index is 2.19. The first kappa shape index (κ1) is 18.8. The van der Waals surface area contributed by atoms with Crippen molar-refractivity contribution in [1.82, 2.24) is 0 Å². The average molecular weight is 399 g/mol. The van der Waals surface area contributed by atoms with E-state index in [1.807, 2.05) is 51.1 Å². The maximum Gasteiger partial charge on any atom is 0.266 e. The molecule has 0 aliphatic heterocycles. The highest BCUT2D eigenvalue weighted by Crippen LogP contribution is 2.28. The number of nitrogens with one attached hydrogen (secondary N) is 1. The van der Waals surface area contributed by atoms with Gasteiger partial charge in [0.15, 0.2) is 0 Å². The van der Waals surface area contributed by atoms with Gasteiger partial charge in [0.1, 0.15) is 17.4 Å². The molecule has 2 aromatic carbocycles. The van der Waals surface area contributed by atoms with Crippen LogP contribution in [0, 0.1) is 18.3 Å². The van der Waals surface area contributed by atoms with E-state index in [4.69, 9.17) is 4.74 Å². The van der Waals surface area contributed by atoms with E-state index >= 15 is 0 Å². The van der Waals surface area contributed by atoms with E-state index in [0.717, 1.165) is 21.3 Å². The fourth-order valence-electron chi connectivity index (χ4n) is 2.11. The monoisotopic (exact) mass is 398 g/mol. The first-order valence-corrected chi connectivity index (χ1v) is 8.64. The Morgan fingerprint density at radius 2 is 1.92 bits per heavy atom. The summed E-state index contributed by atoms with van der Waals surface area (Å²) < 4.78 is 6.43. The lowest BCUT2D eigenvalue weighted by atomic mass is 10.1. The molecule has 0 aliphatic carbocycles. The largest absolute Gasteiger partial charge is 0.490 e. The lowest BCUT2D eigenvalue weighted by Gasteiger charge is -2.11. The van der Waals surface area contributed by atoms with Crippen molar-refractivity contribution in [3.63, 3.8) is 0 Å². The number of aryl methyl sites for hydroxylation is 1. The predicted octanol–water partition coefficient (Wildman–Crippen LogP) is 5.09. The van der Waals surface area contributed by atoms with Gasteiger partial charge in [-0.3, -0.25) is 4.79 Å². The van der Waals surface area contributed by atoms with Crippen molar-refractivity contribution < 1.29 is 9.53 Å². The molecule has 0 atom stereocenters. The Morgan fingerprint density at radius 1 is 1.24 bits per heavy atom. The molecule has 1 amide bonds. The fraction of sp³-hybridized carbons (Fsp3) is 0.200. The summed E-state index contributed by atoms with van der Waals surface area (Å²) in [4.78, 5) is 12.3. The molecule has 0 aromatic heterocycles. The highest BCUT2D eigenvalue weighted by molar-refractivity contribution is 9.10. The van der Waals surface area contributed by atoms with Gasteiger partial charge in [0.25, 0.3) is 5.91 Å². The molecular formula is C20H19BrN2O2. The van der Waals surface area contributed by atoms with Gasteiger partial charge >= 0.3 is 0 Å². The van der Waals surface area contributed by atoms with Crippen molar-refractivity contribution in [2.45, 2.75) is 26.9 Å². The molecule has 0 radical (unpaired) electrons. The van der Waals surface area contributed by atoms with Crippen molar-refractivity contribution in [1.29, 1.82) is 5.26 Å². The molecule has 25 heavy (non-hydrogen) atoms. The number of anilines is 1. The molecule has 0 heterocycles. The molecule has 0 spiro atoms. The van der Waals surface area contributed by atoms with E-state index in [2.05, 4.69) is 21.2 Å². The number of ether oxygens (including phenoxy) is 1. The van der Waals surface area contributed by atoms with Gasteiger partial charge in [0, 0.05) is 5.69 Å². The van der Waals surface area contributed by atoms with Gasteiger partial charge in [0.05, 0.1) is 10.6 Å². The molecule has 1 N–H and O–H groups in total. The zero-order chi connectivity index (χ0) is 18.4. The summed E-state index contributed by atoms with van der Waals surface area (Å²) in [5, 5.41) is 12.0. The second-order valence-electron chi connectivity index (χ2n) is 5.85. The molecule has 128 valence electrons. The third-order valence-electron chi connectivity index (χ3n) is 3.30. The molecule has 0 aliphatic rings. The predicted molar refractivity (Wildman–Crippen MR) is 103 cm³/mol. The van der Waals surface area contributed by atoms with Crippen LogP contribution in [0.4, 0.5) is 5.69 Å². The minimum absolute atomic E-state index is 0.0324. The molecule has 0 bridgehead atoms. The Bertz CT molecular complexity index is 834. The van der Waals surface area contributed by atoms with E-state index in [1.165, 1.54) is 0 Å². The quantitative estimate of drug-likeness (QED) is 0.563. The van der Waals surface area contributed by atoms with Crippen molar-refractivity contribution in [2.75, 3.05) is 5.32 Å². The fourth-order valence-corrected chi connectivity index (χ4v) is 2.60. The number of nitrogens with zero attached hydrogens (tertiary/aromatic N) is 1. The first-order valence-electron chi connectivity index (χ1n) is 7.85. The van der Waals surface area contributed by atoms with Crippen LogP contribution >= 0.6 is 15.9 Å². The minimum atomic E-state index is -0.440. The Kier molecular flexibility index (Phi) is 6.37. The lowest BCUT2D eigenvalue weighted by molar-refractivity contribution is -0.112. The summed E-state index contributed by atoms with van der Waals surface area (Å²) >= 11 is 3.45. The number of amides is 1. The molecule has 0 fully saturated rings. The summed E-state index contributed by atoms with van der Waals surface area (Å²) in [7, 11) is 0. The van der Waals surface area contributed by atoms with Crippen LogP contribution in [-0.4, -0.2) is 12.0 Å². The number of hydrogen-bond acceptors (Lipinski definition) is 3. The first-order chi connectivity index (χ1) is 11.9. The summed E-state index contributed by atoms with van der Waals surface area (Å²) in [6, 6.07) is 14.8. The van der Waals surface area contributed by atoms with Crippen LogP contribution in [0.15, 0.2) is 52.5 Å². The zero-order valence-corrected chi connectivity index (χ0v) is 15.9. The van der Waals surface area contributed by atoms with Gasteiger partial charge < -0.3 is 10.1 Å². The molecular weight excluding hydrogens is 380 g/mol. The summed E-state index contributed by atoms with van der Waals surface area (Å²) in [5.41, 5.74) is 2.52. The standard InChI is InChI=1S/C20H19BrN2O2/c1-13(2)25-19-9-6-15(11-18(19)21)10-16(12-22)20(24)23-17-7-4-14(3)5-8-17/h4-11,13H,1-3H3,(H,23,24)/b16-10+. The van der Waals surface area contributed by atoms with Gasteiger partial charge in [-0.05, 0) is 72.6 Å². The molecule has 2 rings (SSSR count). The molecule has 4 nitrogen and oxygen atoms in total. The van der Waals surface area contributed by atoms with E-state index in [0.29, 0.717) is 5.69 Å². The Morgan fingerprint density at radius 3 is 2.48 bits per heavy atom. The van der Waals surface area contributed by atoms with E-state index in [9.17, 15) is 10.1 Å². The van der Waals surface area contributed by atoms with Crippen LogP contribution in [0.1, 0.15) is 25.0 Å². The molecule has 0 saturated carbocycles. The second-order valence-corrected chi connectivity index (χ2v) is 6.70. The molecule has 2 aromatic rings. The number of halogens is 1. The highest BCUT2D eigenvalue weighted by atomic mass is 79.9. The van der Waals surface area contributed by atoms with E-state index in [1.54, 1.807) is 24.3 Å². The number of benzene rings is 2.